The maximum absolute atomic E-state index is 11.6. The molecule has 0 aliphatic heterocycles. The molecule has 0 radical (unpaired) electrons. The number of nitrogens with zero attached hydrogens (tertiary/aromatic N) is 3. The van der Waals surface area contributed by atoms with Crippen LogP contribution in [-0.2, 0) is 7.05 Å². The van der Waals surface area contributed by atoms with Crippen LogP contribution in [0.4, 0.5) is 0 Å². The molecule has 0 atom stereocenters. The monoisotopic (exact) mass is 175 g/mol. The lowest BCUT2D eigenvalue weighted by atomic mass is 10.3. The Morgan fingerprint density at radius 1 is 1.31 bits per heavy atom. The van der Waals surface area contributed by atoms with Crippen molar-refractivity contribution in [2.75, 3.05) is 0 Å². The average Bonchev–Trinajstić information content (AvgIpc) is 2.15. The van der Waals surface area contributed by atoms with Crippen molar-refractivity contribution in [1.29, 1.82) is 0 Å². The third-order valence-corrected chi connectivity index (χ3v) is 2.11. The molecule has 2 aromatic rings. The van der Waals surface area contributed by atoms with Gasteiger partial charge in [0.15, 0.2) is 5.52 Å². The van der Waals surface area contributed by atoms with Gasteiger partial charge in [0.25, 0.3) is 5.56 Å². The molecule has 2 rings (SSSR count). The highest BCUT2D eigenvalue weighted by Gasteiger charge is 2.03. The maximum atomic E-state index is 11.6. The van der Waals surface area contributed by atoms with Crippen molar-refractivity contribution in [3.63, 3.8) is 0 Å². The molecule has 0 amide bonds. The van der Waals surface area contributed by atoms with Gasteiger partial charge in [0, 0.05) is 25.1 Å². The Morgan fingerprint density at radius 2 is 2.00 bits per heavy atom. The lowest BCUT2D eigenvalue weighted by molar-refractivity contribution is 0.825. The van der Waals surface area contributed by atoms with E-state index in [9.17, 15) is 4.79 Å². The average molecular weight is 175 g/mol. The van der Waals surface area contributed by atoms with Crippen LogP contribution in [0.3, 0.4) is 0 Å². The van der Waals surface area contributed by atoms with Crippen LogP contribution in [0.15, 0.2) is 23.3 Å². The second-order valence-electron chi connectivity index (χ2n) is 2.94. The molecule has 0 aromatic carbocycles. The smallest absolute Gasteiger partial charge is 0.278 e. The van der Waals surface area contributed by atoms with Gasteiger partial charge in [-0.3, -0.25) is 9.78 Å². The first-order valence-electron chi connectivity index (χ1n) is 3.97. The van der Waals surface area contributed by atoms with Crippen LogP contribution in [0.5, 0.6) is 0 Å². The molecular weight excluding hydrogens is 166 g/mol. The zero-order valence-electron chi connectivity index (χ0n) is 7.48. The molecular formula is C9H9N3O. The van der Waals surface area contributed by atoms with E-state index in [0.29, 0.717) is 11.0 Å². The van der Waals surface area contributed by atoms with Crippen LogP contribution in [0.1, 0.15) is 5.69 Å². The molecule has 0 fully saturated rings. The van der Waals surface area contributed by atoms with Gasteiger partial charge in [-0.2, -0.15) is 0 Å². The zero-order chi connectivity index (χ0) is 9.42. The summed E-state index contributed by atoms with van der Waals surface area (Å²) in [5.41, 5.74) is 1.87. The maximum Gasteiger partial charge on any atom is 0.278 e. The summed E-state index contributed by atoms with van der Waals surface area (Å²) in [7, 11) is 1.73. The Kier molecular flexibility index (Phi) is 1.62. The van der Waals surface area contributed by atoms with Crippen molar-refractivity contribution in [2.45, 2.75) is 6.92 Å². The third kappa shape index (κ3) is 1.11. The molecule has 13 heavy (non-hydrogen) atoms. The Morgan fingerprint density at radius 3 is 2.77 bits per heavy atom. The van der Waals surface area contributed by atoms with Gasteiger partial charge in [0.2, 0.25) is 0 Å². The van der Waals surface area contributed by atoms with Crippen molar-refractivity contribution >= 4 is 11.0 Å². The number of rotatable bonds is 0. The molecule has 0 aliphatic carbocycles. The highest BCUT2D eigenvalue weighted by molar-refractivity contribution is 5.72. The van der Waals surface area contributed by atoms with Crippen molar-refractivity contribution in [1.82, 2.24) is 14.5 Å². The summed E-state index contributed by atoms with van der Waals surface area (Å²) in [6.07, 6.45) is 3.11. The van der Waals surface area contributed by atoms with Crippen LogP contribution in [0.2, 0.25) is 0 Å². The number of pyridine rings is 1. The number of hydrogen-bond donors (Lipinski definition) is 0. The molecule has 0 spiro atoms. The molecule has 0 saturated carbocycles. The summed E-state index contributed by atoms with van der Waals surface area (Å²) in [5.74, 6) is 0. The van der Waals surface area contributed by atoms with Crippen LogP contribution >= 0.6 is 0 Å². The fourth-order valence-electron chi connectivity index (χ4n) is 1.23. The summed E-state index contributed by atoms with van der Waals surface area (Å²) in [6, 6.07) is 1.85. The van der Waals surface area contributed by atoms with Gasteiger partial charge in [-0.15, -0.1) is 0 Å². The fourth-order valence-corrected chi connectivity index (χ4v) is 1.23. The van der Waals surface area contributed by atoms with E-state index in [1.807, 2.05) is 13.0 Å². The Hall–Kier alpha value is -1.71. The summed E-state index contributed by atoms with van der Waals surface area (Å²) in [6.45, 7) is 1.87. The SMILES string of the molecule is Cc1cc2nccnc2c(=O)n1C. The molecule has 2 aromatic heterocycles. The molecule has 0 saturated heterocycles. The van der Waals surface area contributed by atoms with E-state index in [4.69, 9.17) is 0 Å². The van der Waals surface area contributed by atoms with E-state index in [0.717, 1.165) is 5.69 Å². The van der Waals surface area contributed by atoms with Crippen molar-refractivity contribution in [3.05, 3.63) is 34.5 Å². The first kappa shape index (κ1) is 7.91. The molecule has 4 nitrogen and oxygen atoms in total. The number of hydrogen-bond acceptors (Lipinski definition) is 3. The molecule has 66 valence electrons. The number of aromatic nitrogens is 3. The minimum Gasteiger partial charge on any atom is -0.314 e. The van der Waals surface area contributed by atoms with E-state index in [2.05, 4.69) is 9.97 Å². The lowest BCUT2D eigenvalue weighted by Gasteiger charge is -2.03. The first-order valence-corrected chi connectivity index (χ1v) is 3.97. The van der Waals surface area contributed by atoms with Crippen LogP contribution < -0.4 is 5.56 Å². The summed E-state index contributed by atoms with van der Waals surface area (Å²) >= 11 is 0. The summed E-state index contributed by atoms with van der Waals surface area (Å²) in [4.78, 5) is 19.7. The summed E-state index contributed by atoms with van der Waals surface area (Å²) in [5, 5.41) is 0. The molecule has 4 heteroatoms. The predicted octanol–water partition coefficient (Wildman–Crippen LogP) is 0.637. The van der Waals surface area contributed by atoms with Gasteiger partial charge in [-0.25, -0.2) is 4.98 Å². The Bertz CT molecular complexity index is 516. The molecule has 0 aliphatic rings. The van der Waals surface area contributed by atoms with Gasteiger partial charge in [-0.05, 0) is 13.0 Å². The van der Waals surface area contributed by atoms with Crippen LogP contribution in [0, 0.1) is 6.92 Å². The van der Waals surface area contributed by atoms with Crippen molar-refractivity contribution < 1.29 is 0 Å². The molecule has 0 bridgehead atoms. The van der Waals surface area contributed by atoms with Gasteiger partial charge in [-0.1, -0.05) is 0 Å². The normalized spacial score (nSPS) is 10.6. The van der Waals surface area contributed by atoms with E-state index in [1.54, 1.807) is 17.8 Å². The van der Waals surface area contributed by atoms with E-state index < -0.39 is 0 Å². The highest BCUT2D eigenvalue weighted by Crippen LogP contribution is 2.04. The Balaban J connectivity index is 3.03. The molecule has 0 N–H and O–H groups in total. The van der Waals surface area contributed by atoms with Crippen molar-refractivity contribution in [2.24, 2.45) is 7.05 Å². The van der Waals surface area contributed by atoms with Gasteiger partial charge in [0.1, 0.15) is 0 Å². The topological polar surface area (TPSA) is 47.8 Å². The first-order chi connectivity index (χ1) is 6.20. The number of aryl methyl sites for hydroxylation is 1. The van der Waals surface area contributed by atoms with Crippen molar-refractivity contribution in [3.8, 4) is 0 Å². The largest absolute Gasteiger partial charge is 0.314 e. The minimum absolute atomic E-state index is 0.0944. The van der Waals surface area contributed by atoms with Crippen LogP contribution in [-0.4, -0.2) is 14.5 Å². The van der Waals surface area contributed by atoms with E-state index in [1.165, 1.54) is 6.20 Å². The fraction of sp³-hybridized carbons (Fsp3) is 0.222. The minimum atomic E-state index is -0.0944. The summed E-state index contributed by atoms with van der Waals surface area (Å²) < 4.78 is 1.57. The molecule has 0 unspecified atom stereocenters. The van der Waals surface area contributed by atoms with E-state index in [-0.39, 0.29) is 5.56 Å². The predicted molar refractivity (Wildman–Crippen MR) is 49.5 cm³/mol. The van der Waals surface area contributed by atoms with E-state index >= 15 is 0 Å². The third-order valence-electron chi connectivity index (χ3n) is 2.11. The van der Waals surface area contributed by atoms with Crippen LogP contribution in [0.25, 0.3) is 11.0 Å². The van der Waals surface area contributed by atoms with Gasteiger partial charge in [0.05, 0.1) is 5.52 Å². The lowest BCUT2D eigenvalue weighted by Crippen LogP contribution is -2.19. The van der Waals surface area contributed by atoms with Gasteiger partial charge < -0.3 is 4.57 Å². The highest BCUT2D eigenvalue weighted by atomic mass is 16.1. The van der Waals surface area contributed by atoms with Gasteiger partial charge >= 0.3 is 0 Å². The Labute approximate surface area is 74.9 Å². The second-order valence-corrected chi connectivity index (χ2v) is 2.94. The standard InChI is InChI=1S/C9H9N3O/c1-6-5-7-8(9(13)12(6)2)11-4-3-10-7/h3-5H,1-2H3. The molecule has 2 heterocycles. The number of fused-ring (bicyclic) bond motifs is 1. The zero-order valence-corrected chi connectivity index (χ0v) is 7.48. The second kappa shape index (κ2) is 2.65. The quantitative estimate of drug-likeness (QED) is 0.590.